The smallest absolute Gasteiger partial charge is 0.0625 e. The van der Waals surface area contributed by atoms with Crippen LogP contribution >= 0.6 is 0 Å². The topological polar surface area (TPSA) is 29.9 Å². The quantitative estimate of drug-likeness (QED) is 0.803. The monoisotopic (exact) mass is 223 g/mol. The summed E-state index contributed by atoms with van der Waals surface area (Å²) in [4.78, 5) is 0. The maximum absolute atomic E-state index is 4.45. The Bertz CT molecular complexity index is 326. The van der Waals surface area contributed by atoms with Gasteiger partial charge in [-0.05, 0) is 32.8 Å². The van der Waals surface area contributed by atoms with Crippen LogP contribution in [0.5, 0.6) is 0 Å². The Hall–Kier alpha value is -0.830. The maximum Gasteiger partial charge on any atom is 0.0625 e. The molecule has 0 aromatic carbocycles. The van der Waals surface area contributed by atoms with E-state index in [9.17, 15) is 0 Å². The first-order valence-electron chi connectivity index (χ1n) is 6.25. The van der Waals surface area contributed by atoms with Gasteiger partial charge in [-0.2, -0.15) is 5.10 Å². The van der Waals surface area contributed by atoms with Gasteiger partial charge in [-0.15, -0.1) is 0 Å². The van der Waals surface area contributed by atoms with E-state index >= 15 is 0 Å². The second-order valence-corrected chi connectivity index (χ2v) is 5.09. The van der Waals surface area contributed by atoms with E-state index in [1.807, 2.05) is 11.7 Å². The summed E-state index contributed by atoms with van der Waals surface area (Å²) >= 11 is 0. The Morgan fingerprint density at radius 2 is 2.06 bits per heavy atom. The van der Waals surface area contributed by atoms with Gasteiger partial charge in [0.1, 0.15) is 0 Å². The van der Waals surface area contributed by atoms with Gasteiger partial charge in [-0.1, -0.05) is 20.3 Å². The minimum absolute atomic E-state index is 0.214. The van der Waals surface area contributed by atoms with Gasteiger partial charge in [-0.25, -0.2) is 0 Å². The van der Waals surface area contributed by atoms with Gasteiger partial charge in [0, 0.05) is 19.1 Å². The minimum Gasteiger partial charge on any atom is -0.306 e. The van der Waals surface area contributed by atoms with E-state index in [1.54, 1.807) is 0 Å². The van der Waals surface area contributed by atoms with E-state index in [0.717, 1.165) is 13.0 Å². The summed E-state index contributed by atoms with van der Waals surface area (Å²) < 4.78 is 1.98. The summed E-state index contributed by atoms with van der Waals surface area (Å²) in [6, 6.07) is 2.19. The Labute approximate surface area is 99.2 Å². The lowest BCUT2D eigenvalue weighted by molar-refractivity contribution is 0.352. The molecule has 1 aromatic heterocycles. The Morgan fingerprint density at radius 1 is 1.38 bits per heavy atom. The highest BCUT2D eigenvalue weighted by Crippen LogP contribution is 2.12. The van der Waals surface area contributed by atoms with Crippen LogP contribution in [-0.4, -0.2) is 15.3 Å². The van der Waals surface area contributed by atoms with Crippen molar-refractivity contribution in [2.75, 3.05) is 0 Å². The molecule has 1 heterocycles. The molecule has 16 heavy (non-hydrogen) atoms. The lowest BCUT2D eigenvalue weighted by Gasteiger charge is -2.25. The van der Waals surface area contributed by atoms with Crippen LogP contribution < -0.4 is 5.32 Å². The lowest BCUT2D eigenvalue weighted by Crippen LogP contribution is -2.38. The van der Waals surface area contributed by atoms with Crippen LogP contribution in [0.15, 0.2) is 6.07 Å². The molecule has 3 nitrogen and oxygen atoms in total. The van der Waals surface area contributed by atoms with Crippen LogP contribution in [-0.2, 0) is 20.0 Å². The Balaban J connectivity index is 2.56. The van der Waals surface area contributed by atoms with Crippen molar-refractivity contribution in [3.05, 3.63) is 17.5 Å². The second-order valence-electron chi connectivity index (χ2n) is 5.09. The van der Waals surface area contributed by atoms with Crippen molar-refractivity contribution in [2.24, 2.45) is 7.05 Å². The highest BCUT2D eigenvalue weighted by molar-refractivity contribution is 5.10. The molecule has 0 aliphatic carbocycles. The SMILES string of the molecule is CCCC(C)(C)NCc1cc(CC)nn1C. The van der Waals surface area contributed by atoms with Crippen molar-refractivity contribution < 1.29 is 0 Å². The lowest BCUT2D eigenvalue weighted by atomic mass is 9.99. The van der Waals surface area contributed by atoms with Crippen LogP contribution in [0.4, 0.5) is 0 Å². The fraction of sp³-hybridized carbons (Fsp3) is 0.769. The number of nitrogens with zero attached hydrogens (tertiary/aromatic N) is 2. The maximum atomic E-state index is 4.45. The van der Waals surface area contributed by atoms with Crippen molar-refractivity contribution in [2.45, 2.75) is 59.0 Å². The third-order valence-corrected chi connectivity index (χ3v) is 3.01. The molecule has 0 unspecified atom stereocenters. The van der Waals surface area contributed by atoms with Gasteiger partial charge in [0.05, 0.1) is 11.4 Å². The first-order valence-corrected chi connectivity index (χ1v) is 6.25. The molecule has 0 amide bonds. The molecular weight excluding hydrogens is 198 g/mol. The first kappa shape index (κ1) is 13.2. The van der Waals surface area contributed by atoms with Crippen LogP contribution in [0.3, 0.4) is 0 Å². The van der Waals surface area contributed by atoms with E-state index in [1.165, 1.54) is 24.2 Å². The largest absolute Gasteiger partial charge is 0.306 e. The van der Waals surface area contributed by atoms with Crippen LogP contribution in [0.25, 0.3) is 0 Å². The molecule has 0 aliphatic heterocycles. The zero-order valence-electron chi connectivity index (χ0n) is 11.3. The molecule has 0 bridgehead atoms. The molecule has 0 saturated heterocycles. The first-order chi connectivity index (χ1) is 7.48. The third-order valence-electron chi connectivity index (χ3n) is 3.01. The number of nitrogens with one attached hydrogen (secondary N) is 1. The van der Waals surface area contributed by atoms with E-state index in [0.29, 0.717) is 0 Å². The molecule has 1 rings (SSSR count). The fourth-order valence-corrected chi connectivity index (χ4v) is 1.95. The predicted octanol–water partition coefficient (Wildman–Crippen LogP) is 2.65. The number of rotatable bonds is 6. The third kappa shape index (κ3) is 3.63. The van der Waals surface area contributed by atoms with Gasteiger partial charge in [-0.3, -0.25) is 4.68 Å². The van der Waals surface area contributed by atoms with Gasteiger partial charge >= 0.3 is 0 Å². The number of aromatic nitrogens is 2. The van der Waals surface area contributed by atoms with Crippen molar-refractivity contribution in [1.82, 2.24) is 15.1 Å². The average molecular weight is 223 g/mol. The van der Waals surface area contributed by atoms with Gasteiger partial charge < -0.3 is 5.32 Å². The highest BCUT2D eigenvalue weighted by Gasteiger charge is 2.16. The molecule has 0 spiro atoms. The Morgan fingerprint density at radius 3 is 2.56 bits per heavy atom. The molecule has 92 valence electrons. The van der Waals surface area contributed by atoms with Crippen molar-refractivity contribution in [1.29, 1.82) is 0 Å². The summed E-state index contributed by atoms with van der Waals surface area (Å²) in [6.45, 7) is 9.78. The van der Waals surface area contributed by atoms with Gasteiger partial charge in [0.2, 0.25) is 0 Å². The summed E-state index contributed by atoms with van der Waals surface area (Å²) in [7, 11) is 2.02. The van der Waals surface area contributed by atoms with Crippen LogP contribution in [0, 0.1) is 0 Å². The zero-order valence-corrected chi connectivity index (χ0v) is 11.3. The summed E-state index contributed by atoms with van der Waals surface area (Å²) in [5.41, 5.74) is 2.65. The van der Waals surface area contributed by atoms with Crippen molar-refractivity contribution in [3.8, 4) is 0 Å². The molecule has 3 heteroatoms. The number of hydrogen-bond acceptors (Lipinski definition) is 2. The standard InChI is InChI=1S/C13H25N3/c1-6-8-13(3,4)14-10-12-9-11(7-2)15-16(12)5/h9,14H,6-8,10H2,1-5H3. The summed E-state index contributed by atoms with van der Waals surface area (Å²) in [5.74, 6) is 0. The zero-order chi connectivity index (χ0) is 12.2. The van der Waals surface area contributed by atoms with Gasteiger partial charge in [0.25, 0.3) is 0 Å². The summed E-state index contributed by atoms with van der Waals surface area (Å²) in [5, 5.41) is 8.05. The van der Waals surface area contributed by atoms with Crippen molar-refractivity contribution in [3.63, 3.8) is 0 Å². The van der Waals surface area contributed by atoms with E-state index in [-0.39, 0.29) is 5.54 Å². The van der Waals surface area contributed by atoms with Crippen LogP contribution in [0.1, 0.15) is 51.9 Å². The number of aryl methyl sites for hydroxylation is 2. The fourth-order valence-electron chi connectivity index (χ4n) is 1.95. The molecule has 0 fully saturated rings. The van der Waals surface area contributed by atoms with Crippen molar-refractivity contribution >= 4 is 0 Å². The molecule has 0 radical (unpaired) electrons. The summed E-state index contributed by atoms with van der Waals surface area (Å²) in [6.07, 6.45) is 3.42. The second kappa shape index (κ2) is 5.48. The number of hydrogen-bond donors (Lipinski definition) is 1. The molecular formula is C13H25N3. The van der Waals surface area contributed by atoms with Gasteiger partial charge in [0.15, 0.2) is 0 Å². The van der Waals surface area contributed by atoms with E-state index in [4.69, 9.17) is 0 Å². The molecule has 1 aromatic rings. The highest BCUT2D eigenvalue weighted by atomic mass is 15.3. The van der Waals surface area contributed by atoms with E-state index < -0.39 is 0 Å². The minimum atomic E-state index is 0.214. The average Bonchev–Trinajstić information content (AvgIpc) is 2.56. The molecule has 1 N–H and O–H groups in total. The molecule has 0 saturated carbocycles. The molecule has 0 atom stereocenters. The predicted molar refractivity (Wildman–Crippen MR) is 68.4 cm³/mol. The molecule has 0 aliphatic rings. The van der Waals surface area contributed by atoms with Crippen LogP contribution in [0.2, 0.25) is 0 Å². The Kier molecular flexibility index (Phi) is 4.54. The van der Waals surface area contributed by atoms with E-state index in [2.05, 4.69) is 44.2 Å². The normalized spacial score (nSPS) is 12.1.